The van der Waals surface area contributed by atoms with Gasteiger partial charge in [-0.2, -0.15) is 0 Å². The van der Waals surface area contributed by atoms with Gasteiger partial charge in [0.15, 0.2) is 0 Å². The van der Waals surface area contributed by atoms with E-state index in [4.69, 9.17) is 0 Å². The highest BCUT2D eigenvalue weighted by Gasteiger charge is 2.22. The first-order valence-electron chi connectivity index (χ1n) is 6.28. The Kier molecular flexibility index (Phi) is 4.91. The second-order valence-corrected chi connectivity index (χ2v) is 5.20. The molecule has 1 unspecified atom stereocenters. The van der Waals surface area contributed by atoms with Crippen molar-refractivity contribution in [1.82, 2.24) is 4.90 Å². The third-order valence-electron chi connectivity index (χ3n) is 3.64. The number of nitrogens with zero attached hydrogens (tertiary/aromatic N) is 1. The Morgan fingerprint density at radius 2 is 1.83 bits per heavy atom. The Morgan fingerprint density at radius 3 is 2.33 bits per heavy atom. The van der Waals surface area contributed by atoms with E-state index in [2.05, 4.69) is 13.8 Å². The summed E-state index contributed by atoms with van der Waals surface area (Å²) >= 11 is 0. The fourth-order valence-corrected chi connectivity index (χ4v) is 2.15. The van der Waals surface area contributed by atoms with Gasteiger partial charge in [0.05, 0.1) is 5.92 Å². The average molecular weight is 249 g/mol. The van der Waals surface area contributed by atoms with Crippen LogP contribution in [0.5, 0.6) is 0 Å². The third kappa shape index (κ3) is 3.33. The first-order valence-corrected chi connectivity index (χ1v) is 6.28. The molecule has 0 aliphatic carbocycles. The first-order chi connectivity index (χ1) is 8.34. The van der Waals surface area contributed by atoms with Crippen molar-refractivity contribution in [2.45, 2.75) is 33.1 Å². The van der Waals surface area contributed by atoms with E-state index in [1.807, 2.05) is 38.1 Å². The molecule has 0 heterocycles. The van der Waals surface area contributed by atoms with Crippen LogP contribution in [0.3, 0.4) is 0 Å². The van der Waals surface area contributed by atoms with Gasteiger partial charge in [-0.15, -0.1) is 0 Å². The monoisotopic (exact) mass is 249 g/mol. The van der Waals surface area contributed by atoms with Gasteiger partial charge in [0, 0.05) is 0 Å². The number of carboxylic acids is 1. The summed E-state index contributed by atoms with van der Waals surface area (Å²) in [6, 6.07) is 3.98. The first kappa shape index (κ1) is 14.7. The molecule has 0 spiro atoms. The molecule has 1 aromatic rings. The molecule has 18 heavy (non-hydrogen) atoms. The van der Waals surface area contributed by atoms with E-state index in [-0.39, 0.29) is 0 Å². The third-order valence-corrected chi connectivity index (χ3v) is 3.64. The molecule has 0 saturated carbocycles. The van der Waals surface area contributed by atoms with Crippen LogP contribution in [0.4, 0.5) is 0 Å². The van der Waals surface area contributed by atoms with Crippen LogP contribution in [0, 0.1) is 20.8 Å². The molecule has 1 N–H and O–H groups in total. The summed E-state index contributed by atoms with van der Waals surface area (Å²) in [6.45, 7) is 6.91. The molecule has 0 fully saturated rings. The Balaban J connectivity index is 3.07. The van der Waals surface area contributed by atoms with Crippen molar-refractivity contribution in [3.63, 3.8) is 0 Å². The molecule has 0 aliphatic rings. The molecule has 0 radical (unpaired) electrons. The van der Waals surface area contributed by atoms with Crippen LogP contribution < -0.4 is 0 Å². The van der Waals surface area contributed by atoms with Crippen molar-refractivity contribution >= 4 is 5.97 Å². The van der Waals surface area contributed by atoms with Crippen molar-refractivity contribution in [2.75, 3.05) is 20.6 Å². The van der Waals surface area contributed by atoms with Crippen LogP contribution in [0.1, 0.15) is 34.6 Å². The van der Waals surface area contributed by atoms with Crippen LogP contribution in [-0.2, 0) is 4.79 Å². The number of aliphatic carboxylic acids is 1. The van der Waals surface area contributed by atoms with Gasteiger partial charge in [-0.05, 0) is 70.1 Å². The van der Waals surface area contributed by atoms with Crippen LogP contribution in [-0.4, -0.2) is 36.6 Å². The fraction of sp³-hybridized carbons (Fsp3) is 0.533. The lowest BCUT2D eigenvalue weighted by Crippen LogP contribution is -2.21. The van der Waals surface area contributed by atoms with Gasteiger partial charge in [-0.3, -0.25) is 4.79 Å². The van der Waals surface area contributed by atoms with Gasteiger partial charge < -0.3 is 10.0 Å². The van der Waals surface area contributed by atoms with Gasteiger partial charge in [-0.25, -0.2) is 0 Å². The minimum atomic E-state index is -0.733. The molecule has 1 atom stereocenters. The number of hydrogen-bond acceptors (Lipinski definition) is 2. The predicted molar refractivity (Wildman–Crippen MR) is 74.2 cm³/mol. The number of carbonyl (C=O) groups is 1. The Bertz CT molecular complexity index is 438. The predicted octanol–water partition coefficient (Wildman–Crippen LogP) is 2.73. The lowest BCUT2D eigenvalue weighted by atomic mass is 9.88. The second kappa shape index (κ2) is 6.01. The quantitative estimate of drug-likeness (QED) is 0.872. The zero-order chi connectivity index (χ0) is 13.9. The normalized spacial score (nSPS) is 12.8. The number of aryl methyl sites for hydroxylation is 1. The molecule has 0 aliphatic heterocycles. The Labute approximate surface area is 109 Å². The van der Waals surface area contributed by atoms with E-state index in [0.717, 1.165) is 17.7 Å². The lowest BCUT2D eigenvalue weighted by Gasteiger charge is -2.19. The van der Waals surface area contributed by atoms with Crippen molar-refractivity contribution in [3.8, 4) is 0 Å². The zero-order valence-corrected chi connectivity index (χ0v) is 11.9. The van der Waals surface area contributed by atoms with Gasteiger partial charge in [0.2, 0.25) is 0 Å². The Hall–Kier alpha value is -1.35. The highest BCUT2D eigenvalue weighted by Crippen LogP contribution is 2.27. The molecule has 0 bridgehead atoms. The molecule has 1 rings (SSSR count). The maximum absolute atomic E-state index is 11.4. The zero-order valence-electron chi connectivity index (χ0n) is 11.9. The number of rotatable bonds is 5. The smallest absolute Gasteiger partial charge is 0.311 e. The van der Waals surface area contributed by atoms with E-state index in [0.29, 0.717) is 6.42 Å². The highest BCUT2D eigenvalue weighted by molar-refractivity contribution is 5.77. The average Bonchev–Trinajstić information content (AvgIpc) is 2.28. The molecular weight excluding hydrogens is 226 g/mol. The maximum Gasteiger partial charge on any atom is 0.311 e. The topological polar surface area (TPSA) is 40.5 Å². The van der Waals surface area contributed by atoms with E-state index < -0.39 is 11.9 Å². The van der Waals surface area contributed by atoms with Crippen molar-refractivity contribution < 1.29 is 9.90 Å². The van der Waals surface area contributed by atoms with E-state index >= 15 is 0 Å². The second-order valence-electron chi connectivity index (χ2n) is 5.20. The van der Waals surface area contributed by atoms with Gasteiger partial charge >= 0.3 is 5.97 Å². The largest absolute Gasteiger partial charge is 0.481 e. The van der Waals surface area contributed by atoms with E-state index in [9.17, 15) is 9.90 Å². The SMILES string of the molecule is Cc1ccc(C(CCN(C)C)C(=O)O)c(C)c1C. The summed E-state index contributed by atoms with van der Waals surface area (Å²) in [4.78, 5) is 13.5. The van der Waals surface area contributed by atoms with Crippen molar-refractivity contribution in [1.29, 1.82) is 0 Å². The fourth-order valence-electron chi connectivity index (χ4n) is 2.15. The highest BCUT2D eigenvalue weighted by atomic mass is 16.4. The number of benzene rings is 1. The van der Waals surface area contributed by atoms with E-state index in [1.165, 1.54) is 11.1 Å². The molecule has 0 saturated heterocycles. The summed E-state index contributed by atoms with van der Waals surface area (Å²) in [7, 11) is 3.93. The molecule has 3 nitrogen and oxygen atoms in total. The van der Waals surface area contributed by atoms with Crippen molar-refractivity contribution in [3.05, 3.63) is 34.4 Å². The summed E-state index contributed by atoms with van der Waals surface area (Å²) in [5, 5.41) is 9.41. The molecule has 0 amide bonds. The summed E-state index contributed by atoms with van der Waals surface area (Å²) < 4.78 is 0. The summed E-state index contributed by atoms with van der Waals surface area (Å²) in [6.07, 6.45) is 0.645. The Morgan fingerprint density at radius 1 is 1.22 bits per heavy atom. The standard InChI is InChI=1S/C15H23NO2/c1-10-6-7-13(12(3)11(10)2)14(15(17)18)8-9-16(4)5/h6-7,14H,8-9H2,1-5H3,(H,17,18). The van der Waals surface area contributed by atoms with Crippen molar-refractivity contribution in [2.24, 2.45) is 0 Å². The van der Waals surface area contributed by atoms with Crippen LogP contribution >= 0.6 is 0 Å². The molecular formula is C15H23NO2. The van der Waals surface area contributed by atoms with Gasteiger partial charge in [0.1, 0.15) is 0 Å². The minimum Gasteiger partial charge on any atom is -0.481 e. The van der Waals surface area contributed by atoms with Crippen LogP contribution in [0.25, 0.3) is 0 Å². The number of carboxylic acid groups (broad SMARTS) is 1. The van der Waals surface area contributed by atoms with Crippen LogP contribution in [0.2, 0.25) is 0 Å². The summed E-state index contributed by atoms with van der Waals surface area (Å²) in [5.74, 6) is -1.14. The minimum absolute atomic E-state index is 0.410. The number of hydrogen-bond donors (Lipinski definition) is 1. The van der Waals surface area contributed by atoms with Crippen LogP contribution in [0.15, 0.2) is 12.1 Å². The van der Waals surface area contributed by atoms with E-state index in [1.54, 1.807) is 0 Å². The molecule has 0 aromatic heterocycles. The summed E-state index contributed by atoms with van der Waals surface area (Å²) in [5.41, 5.74) is 4.48. The van der Waals surface area contributed by atoms with Gasteiger partial charge in [-0.1, -0.05) is 12.1 Å². The van der Waals surface area contributed by atoms with Gasteiger partial charge in [0.25, 0.3) is 0 Å². The molecule has 100 valence electrons. The lowest BCUT2D eigenvalue weighted by molar-refractivity contribution is -0.139. The molecule has 3 heteroatoms. The maximum atomic E-state index is 11.4. The molecule has 1 aromatic carbocycles.